The lowest BCUT2D eigenvalue weighted by Gasteiger charge is -2.11. The van der Waals surface area contributed by atoms with Gasteiger partial charge in [-0.3, -0.25) is 4.79 Å². The third kappa shape index (κ3) is 5.44. The smallest absolute Gasteiger partial charge is 0.343 e. The number of esters is 1. The molecule has 0 aliphatic rings. The van der Waals surface area contributed by atoms with Crippen molar-refractivity contribution in [1.29, 1.82) is 0 Å². The van der Waals surface area contributed by atoms with E-state index in [1.54, 1.807) is 60.7 Å². The van der Waals surface area contributed by atoms with Crippen molar-refractivity contribution in [3.63, 3.8) is 0 Å². The van der Waals surface area contributed by atoms with Gasteiger partial charge in [0.05, 0.1) is 29.8 Å². The molecule has 188 valence electrons. The van der Waals surface area contributed by atoms with E-state index in [4.69, 9.17) is 14.5 Å². The van der Waals surface area contributed by atoms with Crippen molar-refractivity contribution < 1.29 is 14.3 Å². The fourth-order valence-corrected chi connectivity index (χ4v) is 4.26. The Labute approximate surface area is 234 Å². The van der Waals surface area contributed by atoms with E-state index in [0.717, 1.165) is 14.5 Å². The second-order valence-electron chi connectivity index (χ2n) is 8.13. The molecule has 0 atom stereocenters. The summed E-state index contributed by atoms with van der Waals surface area (Å²) in [6, 6.07) is 26.5. The Morgan fingerprint density at radius 2 is 1.58 bits per heavy atom. The van der Waals surface area contributed by atoms with Crippen LogP contribution in [0.1, 0.15) is 15.9 Å². The molecule has 0 N–H and O–H groups in total. The Morgan fingerprint density at radius 1 is 0.895 bits per heavy atom. The Kier molecular flexibility index (Phi) is 7.48. The summed E-state index contributed by atoms with van der Waals surface area (Å²) in [4.78, 5) is 30.7. The van der Waals surface area contributed by atoms with Gasteiger partial charge in [-0.1, -0.05) is 56.1 Å². The molecule has 0 spiro atoms. The number of hydrogen-bond acceptors (Lipinski definition) is 6. The van der Waals surface area contributed by atoms with Crippen molar-refractivity contribution in [2.24, 2.45) is 5.10 Å². The van der Waals surface area contributed by atoms with Gasteiger partial charge < -0.3 is 9.47 Å². The molecule has 1 aromatic heterocycles. The average Bonchev–Trinajstić information content (AvgIpc) is 2.94. The second-order valence-corrected chi connectivity index (χ2v) is 9.96. The van der Waals surface area contributed by atoms with E-state index in [0.29, 0.717) is 33.6 Å². The van der Waals surface area contributed by atoms with Gasteiger partial charge in [0.15, 0.2) is 17.3 Å². The number of hydrogen-bond donors (Lipinski definition) is 0. The molecule has 0 saturated carbocycles. The highest BCUT2D eigenvalue weighted by Crippen LogP contribution is 2.29. The molecular weight excluding hydrogens is 614 g/mol. The average molecular weight is 633 g/mol. The van der Waals surface area contributed by atoms with Crippen LogP contribution in [-0.2, 0) is 0 Å². The zero-order chi connectivity index (χ0) is 26.6. The molecule has 0 saturated heterocycles. The van der Waals surface area contributed by atoms with Crippen LogP contribution in [0.4, 0.5) is 0 Å². The van der Waals surface area contributed by atoms with Crippen molar-refractivity contribution in [3.05, 3.63) is 121 Å². The number of rotatable bonds is 6. The maximum absolute atomic E-state index is 13.4. The van der Waals surface area contributed by atoms with Crippen molar-refractivity contribution in [3.8, 4) is 22.9 Å². The summed E-state index contributed by atoms with van der Waals surface area (Å²) in [5.41, 5.74) is 2.06. The third-order valence-electron chi connectivity index (χ3n) is 5.65. The summed E-state index contributed by atoms with van der Waals surface area (Å²) >= 11 is 6.79. The number of ether oxygens (including phenoxy) is 2. The SMILES string of the molecule is COc1cc(C=Nn2c(-c3ccc(Br)cc3)nc3ccccc3c2=O)ccc1OC(=O)c1ccc(Br)cc1. The summed E-state index contributed by atoms with van der Waals surface area (Å²) < 4.78 is 14.0. The molecule has 0 radical (unpaired) electrons. The molecule has 0 bridgehead atoms. The number of methoxy groups -OCH3 is 1. The lowest BCUT2D eigenvalue weighted by Crippen LogP contribution is -2.20. The van der Waals surface area contributed by atoms with Crippen LogP contribution in [0.15, 0.2) is 110 Å². The van der Waals surface area contributed by atoms with Gasteiger partial charge in [-0.05, 0) is 72.3 Å². The summed E-state index contributed by atoms with van der Waals surface area (Å²) in [5, 5.41) is 4.94. The summed E-state index contributed by atoms with van der Waals surface area (Å²) in [6.07, 6.45) is 1.53. The maximum atomic E-state index is 13.4. The van der Waals surface area contributed by atoms with Crippen molar-refractivity contribution in [2.75, 3.05) is 7.11 Å². The topological polar surface area (TPSA) is 82.8 Å². The zero-order valence-corrected chi connectivity index (χ0v) is 23.1. The first-order chi connectivity index (χ1) is 18.4. The molecule has 38 heavy (non-hydrogen) atoms. The number of carbonyl (C=O) groups excluding carboxylic acids is 1. The maximum Gasteiger partial charge on any atom is 0.343 e. The van der Waals surface area contributed by atoms with E-state index in [1.165, 1.54) is 18.0 Å². The lowest BCUT2D eigenvalue weighted by atomic mass is 10.2. The Balaban J connectivity index is 1.50. The van der Waals surface area contributed by atoms with Gasteiger partial charge in [0, 0.05) is 14.5 Å². The highest BCUT2D eigenvalue weighted by atomic mass is 79.9. The molecule has 0 fully saturated rings. The van der Waals surface area contributed by atoms with Crippen molar-refractivity contribution >= 4 is 54.9 Å². The van der Waals surface area contributed by atoms with Crippen LogP contribution < -0.4 is 15.0 Å². The van der Waals surface area contributed by atoms with Gasteiger partial charge in [-0.25, -0.2) is 9.78 Å². The Bertz CT molecular complexity index is 1730. The van der Waals surface area contributed by atoms with Crippen LogP contribution >= 0.6 is 31.9 Å². The van der Waals surface area contributed by atoms with Crippen LogP contribution in [-0.4, -0.2) is 29.0 Å². The number of fused-ring (bicyclic) bond motifs is 1. The number of halogens is 2. The van der Waals surface area contributed by atoms with E-state index >= 15 is 0 Å². The molecule has 0 unspecified atom stereocenters. The molecule has 0 amide bonds. The van der Waals surface area contributed by atoms with Gasteiger partial charge in [-0.2, -0.15) is 9.78 Å². The molecule has 0 aliphatic heterocycles. The van der Waals surface area contributed by atoms with Crippen LogP contribution in [0, 0.1) is 0 Å². The zero-order valence-electron chi connectivity index (χ0n) is 20.0. The minimum absolute atomic E-state index is 0.262. The summed E-state index contributed by atoms with van der Waals surface area (Å²) in [6.45, 7) is 0. The summed E-state index contributed by atoms with van der Waals surface area (Å²) in [5.74, 6) is 0.504. The summed E-state index contributed by atoms with van der Waals surface area (Å²) in [7, 11) is 1.48. The van der Waals surface area contributed by atoms with Crippen molar-refractivity contribution in [1.82, 2.24) is 9.66 Å². The molecule has 7 nitrogen and oxygen atoms in total. The van der Waals surface area contributed by atoms with Crippen LogP contribution in [0.25, 0.3) is 22.3 Å². The van der Waals surface area contributed by atoms with E-state index in [-0.39, 0.29) is 11.3 Å². The number of para-hydroxylation sites is 1. The standard InChI is InChI=1S/C29H19Br2N3O4/c1-37-26-16-18(6-15-25(26)38-29(36)20-9-13-22(31)14-10-20)17-32-34-27(19-7-11-21(30)12-8-19)33-24-5-3-2-4-23(24)28(34)35/h2-17H,1H3. The van der Waals surface area contributed by atoms with Crippen LogP contribution in [0.2, 0.25) is 0 Å². The number of benzene rings is 4. The number of nitrogens with zero attached hydrogens (tertiary/aromatic N) is 3. The highest BCUT2D eigenvalue weighted by Gasteiger charge is 2.14. The monoisotopic (exact) mass is 631 g/mol. The van der Waals surface area contributed by atoms with Gasteiger partial charge in [0.2, 0.25) is 0 Å². The molecule has 1 heterocycles. The first-order valence-electron chi connectivity index (χ1n) is 11.4. The molecular formula is C29H19Br2N3O4. The van der Waals surface area contributed by atoms with E-state index < -0.39 is 5.97 Å². The number of carbonyl (C=O) groups is 1. The van der Waals surface area contributed by atoms with E-state index in [1.807, 2.05) is 30.3 Å². The molecule has 0 aliphatic carbocycles. The van der Waals surface area contributed by atoms with Gasteiger partial charge >= 0.3 is 5.97 Å². The fraction of sp³-hybridized carbons (Fsp3) is 0.0345. The molecule has 9 heteroatoms. The largest absolute Gasteiger partial charge is 0.493 e. The Hall–Kier alpha value is -4.08. The van der Waals surface area contributed by atoms with Gasteiger partial charge in [-0.15, -0.1) is 0 Å². The predicted molar refractivity (Wildman–Crippen MR) is 154 cm³/mol. The van der Waals surface area contributed by atoms with E-state index in [9.17, 15) is 9.59 Å². The molecule has 4 aromatic carbocycles. The van der Waals surface area contributed by atoms with Crippen LogP contribution in [0.5, 0.6) is 11.5 Å². The fourth-order valence-electron chi connectivity index (χ4n) is 3.73. The van der Waals surface area contributed by atoms with Gasteiger partial charge in [0.1, 0.15) is 0 Å². The molecule has 5 rings (SSSR count). The Morgan fingerprint density at radius 3 is 2.29 bits per heavy atom. The van der Waals surface area contributed by atoms with Gasteiger partial charge in [0.25, 0.3) is 5.56 Å². The minimum Gasteiger partial charge on any atom is -0.493 e. The lowest BCUT2D eigenvalue weighted by molar-refractivity contribution is 0.0729. The highest BCUT2D eigenvalue weighted by molar-refractivity contribution is 9.10. The normalized spacial score (nSPS) is 11.1. The quantitative estimate of drug-likeness (QED) is 0.118. The first-order valence-corrected chi connectivity index (χ1v) is 13.0. The minimum atomic E-state index is -0.509. The second kappa shape index (κ2) is 11.1. The van der Waals surface area contributed by atoms with Crippen molar-refractivity contribution in [2.45, 2.75) is 0 Å². The first kappa shape index (κ1) is 25.6. The third-order valence-corrected chi connectivity index (χ3v) is 6.71. The van der Waals surface area contributed by atoms with Crippen LogP contribution in [0.3, 0.4) is 0 Å². The molecule has 5 aromatic rings. The van der Waals surface area contributed by atoms with E-state index in [2.05, 4.69) is 37.0 Å². The predicted octanol–water partition coefficient (Wildman–Crippen LogP) is 6.70. The number of aromatic nitrogens is 2.